The molecule has 0 fully saturated rings. The lowest BCUT2D eigenvalue weighted by molar-refractivity contribution is 0.0930. The van der Waals surface area contributed by atoms with Crippen molar-refractivity contribution < 1.29 is 9.53 Å². The number of hydrogen-bond donors (Lipinski definition) is 1. The third-order valence-corrected chi connectivity index (χ3v) is 3.17. The summed E-state index contributed by atoms with van der Waals surface area (Å²) in [6.45, 7) is 9.31. The minimum atomic E-state index is -0.00391. The van der Waals surface area contributed by atoms with Crippen molar-refractivity contribution in [1.29, 1.82) is 0 Å². The predicted molar refractivity (Wildman–Crippen MR) is 71.7 cm³/mol. The van der Waals surface area contributed by atoms with Gasteiger partial charge in [-0.15, -0.1) is 11.3 Å². The minimum absolute atomic E-state index is 0.00391. The highest BCUT2D eigenvalue weighted by Gasteiger charge is 2.10. The number of nitrogens with one attached hydrogen (secondary N) is 1. The van der Waals surface area contributed by atoms with Crippen molar-refractivity contribution in [3.63, 3.8) is 0 Å². The Labute approximate surface area is 106 Å². The van der Waals surface area contributed by atoms with Gasteiger partial charge in [-0.3, -0.25) is 4.79 Å². The lowest BCUT2D eigenvalue weighted by Gasteiger charge is -2.06. The van der Waals surface area contributed by atoms with Gasteiger partial charge in [0.1, 0.15) is 0 Å². The Morgan fingerprint density at radius 3 is 3.00 bits per heavy atom. The summed E-state index contributed by atoms with van der Waals surface area (Å²) >= 11 is 1.48. The Hall–Kier alpha value is -1.13. The third kappa shape index (κ3) is 4.71. The van der Waals surface area contributed by atoms with Gasteiger partial charge in [-0.2, -0.15) is 0 Å². The van der Waals surface area contributed by atoms with E-state index in [1.54, 1.807) is 0 Å². The van der Waals surface area contributed by atoms with E-state index >= 15 is 0 Å². The molecule has 1 N–H and O–H groups in total. The first-order valence-corrected chi connectivity index (χ1v) is 6.59. The lowest BCUT2D eigenvalue weighted by atomic mass is 10.2. The predicted octanol–water partition coefficient (Wildman–Crippen LogP) is 2.63. The molecule has 1 aromatic heterocycles. The fourth-order valence-corrected chi connectivity index (χ4v) is 2.29. The molecule has 94 valence electrons. The number of hydrogen-bond acceptors (Lipinski definition) is 3. The molecule has 0 aliphatic heterocycles. The van der Waals surface area contributed by atoms with Crippen LogP contribution < -0.4 is 5.32 Å². The monoisotopic (exact) mass is 253 g/mol. The summed E-state index contributed by atoms with van der Waals surface area (Å²) in [6.07, 6.45) is 0.887. The van der Waals surface area contributed by atoms with Gasteiger partial charge in [0.05, 0.1) is 18.1 Å². The van der Waals surface area contributed by atoms with Crippen LogP contribution in [-0.2, 0) is 11.2 Å². The molecule has 1 heterocycles. The second kappa shape index (κ2) is 7.25. The van der Waals surface area contributed by atoms with E-state index in [9.17, 15) is 4.79 Å². The quantitative estimate of drug-likeness (QED) is 0.599. The maximum Gasteiger partial charge on any atom is 0.261 e. The fourth-order valence-electron chi connectivity index (χ4n) is 1.38. The third-order valence-electron chi connectivity index (χ3n) is 2.21. The van der Waals surface area contributed by atoms with Crippen LogP contribution in [0.1, 0.15) is 29.1 Å². The lowest BCUT2D eigenvalue weighted by Crippen LogP contribution is -2.27. The molecule has 0 saturated heterocycles. The molecule has 17 heavy (non-hydrogen) atoms. The van der Waals surface area contributed by atoms with Crippen molar-refractivity contribution in [2.24, 2.45) is 0 Å². The summed E-state index contributed by atoms with van der Waals surface area (Å²) in [5.74, 6) is -0.00391. The largest absolute Gasteiger partial charge is 0.375 e. The molecule has 0 aromatic carbocycles. The van der Waals surface area contributed by atoms with Crippen molar-refractivity contribution in [2.75, 3.05) is 19.8 Å². The summed E-state index contributed by atoms with van der Waals surface area (Å²) in [5.41, 5.74) is 2.10. The van der Waals surface area contributed by atoms with Crippen molar-refractivity contribution in [3.05, 3.63) is 34.0 Å². The van der Waals surface area contributed by atoms with E-state index in [-0.39, 0.29) is 5.91 Å². The standard InChI is InChI=1S/C13H19NO2S/c1-4-11-5-8-17-12(11)13(15)14-6-7-16-9-10(2)3/h5,8H,2,4,6-7,9H2,1,3H3,(H,14,15). The number of thiophene rings is 1. The molecule has 0 saturated carbocycles. The zero-order valence-electron chi connectivity index (χ0n) is 10.4. The zero-order valence-corrected chi connectivity index (χ0v) is 11.2. The molecule has 0 spiro atoms. The van der Waals surface area contributed by atoms with Gasteiger partial charge in [-0.1, -0.05) is 19.1 Å². The second-order valence-corrected chi connectivity index (χ2v) is 4.81. The molecule has 1 amide bonds. The van der Waals surface area contributed by atoms with Gasteiger partial charge in [0.2, 0.25) is 0 Å². The molecule has 4 heteroatoms. The highest BCUT2D eigenvalue weighted by atomic mass is 32.1. The molecule has 0 aliphatic carbocycles. The molecule has 0 atom stereocenters. The van der Waals surface area contributed by atoms with Gasteiger partial charge in [0.15, 0.2) is 0 Å². The Morgan fingerprint density at radius 2 is 2.35 bits per heavy atom. The molecule has 0 aliphatic rings. The van der Waals surface area contributed by atoms with Gasteiger partial charge >= 0.3 is 0 Å². The highest BCUT2D eigenvalue weighted by Crippen LogP contribution is 2.16. The highest BCUT2D eigenvalue weighted by molar-refractivity contribution is 7.12. The minimum Gasteiger partial charge on any atom is -0.375 e. The second-order valence-electron chi connectivity index (χ2n) is 3.89. The van der Waals surface area contributed by atoms with Crippen molar-refractivity contribution in [1.82, 2.24) is 5.32 Å². The van der Waals surface area contributed by atoms with Crippen LogP contribution in [0.3, 0.4) is 0 Å². The van der Waals surface area contributed by atoms with Gasteiger partial charge in [0, 0.05) is 6.54 Å². The summed E-state index contributed by atoms with van der Waals surface area (Å²) in [4.78, 5) is 12.6. The molecular formula is C13H19NO2S. The zero-order chi connectivity index (χ0) is 12.7. The van der Waals surface area contributed by atoms with Crippen LogP contribution in [0.25, 0.3) is 0 Å². The van der Waals surface area contributed by atoms with E-state index in [1.165, 1.54) is 11.3 Å². The molecule has 0 radical (unpaired) electrons. The summed E-state index contributed by atoms with van der Waals surface area (Å²) in [7, 11) is 0. The maximum atomic E-state index is 11.8. The Bertz CT molecular complexity index is 385. The Balaban J connectivity index is 2.28. The van der Waals surface area contributed by atoms with E-state index in [1.807, 2.05) is 18.4 Å². The molecule has 1 rings (SSSR count). The summed E-state index contributed by atoms with van der Waals surface area (Å²) < 4.78 is 5.31. The van der Waals surface area contributed by atoms with Crippen LogP contribution in [0, 0.1) is 0 Å². The number of ether oxygens (including phenoxy) is 1. The molecule has 0 bridgehead atoms. The normalized spacial score (nSPS) is 10.2. The number of amides is 1. The Kier molecular flexibility index (Phi) is 5.94. The fraction of sp³-hybridized carbons (Fsp3) is 0.462. The van der Waals surface area contributed by atoms with E-state index < -0.39 is 0 Å². The molecule has 0 unspecified atom stereocenters. The van der Waals surface area contributed by atoms with Gasteiger partial charge in [-0.05, 0) is 30.4 Å². The SMILES string of the molecule is C=C(C)COCCNC(=O)c1sccc1CC. The van der Waals surface area contributed by atoms with Crippen molar-refractivity contribution in [2.45, 2.75) is 20.3 Å². The smallest absolute Gasteiger partial charge is 0.261 e. The molecule has 1 aromatic rings. The maximum absolute atomic E-state index is 11.8. The number of carbonyl (C=O) groups is 1. The van der Waals surface area contributed by atoms with Crippen LogP contribution >= 0.6 is 11.3 Å². The summed E-state index contributed by atoms with van der Waals surface area (Å²) in [6, 6.07) is 2.00. The van der Waals surface area contributed by atoms with Crippen LogP contribution in [0.4, 0.5) is 0 Å². The van der Waals surface area contributed by atoms with Gasteiger partial charge in [-0.25, -0.2) is 0 Å². The number of carbonyl (C=O) groups excluding carboxylic acids is 1. The topological polar surface area (TPSA) is 38.3 Å². The first kappa shape index (κ1) is 13.9. The number of aryl methyl sites for hydroxylation is 1. The average molecular weight is 253 g/mol. The molecule has 3 nitrogen and oxygen atoms in total. The van der Waals surface area contributed by atoms with Gasteiger partial charge in [0.25, 0.3) is 5.91 Å². The van der Waals surface area contributed by atoms with Crippen LogP contribution in [0.5, 0.6) is 0 Å². The van der Waals surface area contributed by atoms with Crippen molar-refractivity contribution in [3.8, 4) is 0 Å². The Morgan fingerprint density at radius 1 is 1.59 bits per heavy atom. The van der Waals surface area contributed by atoms with E-state index in [2.05, 4.69) is 18.8 Å². The average Bonchev–Trinajstić information content (AvgIpc) is 2.75. The molecular weight excluding hydrogens is 234 g/mol. The van der Waals surface area contributed by atoms with E-state index in [0.717, 1.165) is 22.4 Å². The van der Waals surface area contributed by atoms with Crippen molar-refractivity contribution >= 4 is 17.2 Å². The van der Waals surface area contributed by atoms with Crippen LogP contribution in [0.2, 0.25) is 0 Å². The van der Waals surface area contributed by atoms with Crippen LogP contribution in [0.15, 0.2) is 23.6 Å². The van der Waals surface area contributed by atoms with E-state index in [4.69, 9.17) is 4.74 Å². The first-order valence-electron chi connectivity index (χ1n) is 5.71. The van der Waals surface area contributed by atoms with E-state index in [0.29, 0.717) is 19.8 Å². The van der Waals surface area contributed by atoms with Gasteiger partial charge < -0.3 is 10.1 Å². The first-order chi connectivity index (χ1) is 8.15. The summed E-state index contributed by atoms with van der Waals surface area (Å²) in [5, 5.41) is 4.80. The number of rotatable bonds is 7. The van der Waals surface area contributed by atoms with Crippen LogP contribution in [-0.4, -0.2) is 25.7 Å².